The summed E-state index contributed by atoms with van der Waals surface area (Å²) in [5, 5.41) is 16.9. The van der Waals surface area contributed by atoms with Gasteiger partial charge in [-0.3, -0.25) is 14.6 Å². The number of phenolic OH excluding ortho intramolecular Hbond substituents is 1. The Balaban J connectivity index is 1.57. The van der Waals surface area contributed by atoms with Gasteiger partial charge in [0.2, 0.25) is 5.91 Å². The van der Waals surface area contributed by atoms with Gasteiger partial charge in [-0.2, -0.15) is 9.78 Å². The van der Waals surface area contributed by atoms with Crippen LogP contribution in [0.25, 0.3) is 5.69 Å². The Labute approximate surface area is 197 Å². The van der Waals surface area contributed by atoms with E-state index in [-0.39, 0.29) is 50.5 Å². The smallest absolute Gasteiger partial charge is 0.349 e. The molecule has 172 valence electrons. The van der Waals surface area contributed by atoms with Crippen molar-refractivity contribution in [1.29, 1.82) is 0 Å². The van der Waals surface area contributed by atoms with E-state index in [9.17, 15) is 19.5 Å². The Morgan fingerprint density at radius 2 is 1.82 bits per heavy atom. The predicted molar refractivity (Wildman–Crippen MR) is 124 cm³/mol. The molecule has 0 spiro atoms. The maximum atomic E-state index is 12.6. The number of hydrogen-bond acceptors (Lipinski definition) is 6. The van der Waals surface area contributed by atoms with Crippen molar-refractivity contribution in [1.82, 2.24) is 14.8 Å². The van der Waals surface area contributed by atoms with Crippen molar-refractivity contribution in [2.24, 2.45) is 5.92 Å². The molecule has 0 aliphatic heterocycles. The van der Waals surface area contributed by atoms with E-state index in [4.69, 9.17) is 27.9 Å². The van der Waals surface area contributed by atoms with Gasteiger partial charge in [0, 0.05) is 12.0 Å². The van der Waals surface area contributed by atoms with Crippen LogP contribution in [0.15, 0.2) is 46.1 Å². The Bertz CT molecular complexity index is 1290. The molecule has 1 heterocycles. The number of aromatic hydroxyl groups is 1. The number of carbonyl (C=O) groups is 1. The zero-order chi connectivity index (χ0) is 23.5. The minimum absolute atomic E-state index is 0.0795. The molecule has 0 atom stereocenters. The minimum atomic E-state index is -0.750. The number of nitrogens with one attached hydrogen (secondary N) is 2. The summed E-state index contributed by atoms with van der Waals surface area (Å²) in [5.74, 6) is 0.0745. The fraction of sp³-hybridized carbons (Fsp3) is 0.273. The lowest BCUT2D eigenvalue weighted by molar-refractivity contribution is -0.120. The van der Waals surface area contributed by atoms with Gasteiger partial charge in [0.1, 0.15) is 17.7 Å². The van der Waals surface area contributed by atoms with Crippen LogP contribution >= 0.6 is 23.2 Å². The van der Waals surface area contributed by atoms with Crippen LogP contribution in [0.5, 0.6) is 17.2 Å². The van der Waals surface area contributed by atoms with Crippen LogP contribution in [0.4, 0.5) is 5.69 Å². The number of ether oxygens (including phenoxy) is 1. The van der Waals surface area contributed by atoms with Gasteiger partial charge in [-0.15, -0.1) is 0 Å². The monoisotopic (exact) mass is 490 g/mol. The number of aromatic nitrogens is 3. The molecule has 3 aromatic rings. The molecule has 3 N–H and O–H groups in total. The first-order valence-electron chi connectivity index (χ1n) is 10.3. The third-order valence-corrected chi connectivity index (χ3v) is 5.92. The summed E-state index contributed by atoms with van der Waals surface area (Å²) in [5.41, 5.74) is -0.937. The average Bonchev–Trinajstić information content (AvgIpc) is 2.78. The number of aromatic amines is 1. The maximum absolute atomic E-state index is 12.6. The highest BCUT2D eigenvalue weighted by Crippen LogP contribution is 2.40. The molecule has 1 aromatic heterocycles. The molecule has 0 saturated heterocycles. The topological polar surface area (TPSA) is 126 Å². The highest BCUT2D eigenvalue weighted by molar-refractivity contribution is 6.37. The Kier molecular flexibility index (Phi) is 6.71. The minimum Gasteiger partial charge on any atom is -0.506 e. The molecular formula is C22H20Cl2N4O5. The lowest BCUT2D eigenvalue weighted by atomic mass is 9.88. The molecule has 11 heteroatoms. The second kappa shape index (κ2) is 9.68. The van der Waals surface area contributed by atoms with Crippen molar-refractivity contribution in [2.45, 2.75) is 32.1 Å². The number of benzene rings is 2. The molecule has 1 amide bonds. The first-order chi connectivity index (χ1) is 15.8. The number of rotatable bonds is 5. The molecule has 0 unspecified atom stereocenters. The summed E-state index contributed by atoms with van der Waals surface area (Å²) < 4.78 is 6.74. The van der Waals surface area contributed by atoms with Gasteiger partial charge in [-0.05, 0) is 37.1 Å². The van der Waals surface area contributed by atoms with E-state index < -0.39 is 11.2 Å². The summed E-state index contributed by atoms with van der Waals surface area (Å²) in [6, 6.07) is 7.18. The van der Waals surface area contributed by atoms with E-state index in [0.717, 1.165) is 43.0 Å². The Morgan fingerprint density at radius 3 is 2.48 bits per heavy atom. The zero-order valence-corrected chi connectivity index (χ0v) is 18.8. The van der Waals surface area contributed by atoms with Crippen LogP contribution in [0.2, 0.25) is 10.0 Å². The molecule has 4 rings (SSSR count). The van der Waals surface area contributed by atoms with Crippen molar-refractivity contribution in [3.05, 3.63) is 67.4 Å². The lowest BCUT2D eigenvalue weighted by Gasteiger charge is -2.21. The quantitative estimate of drug-likeness (QED) is 0.459. The molecule has 0 radical (unpaired) electrons. The lowest BCUT2D eigenvalue weighted by Crippen LogP contribution is -2.30. The van der Waals surface area contributed by atoms with E-state index in [0.29, 0.717) is 0 Å². The van der Waals surface area contributed by atoms with Crippen molar-refractivity contribution < 1.29 is 14.6 Å². The number of halogens is 2. The molecule has 2 aromatic carbocycles. The normalized spacial score (nSPS) is 14.1. The third kappa shape index (κ3) is 5.20. The van der Waals surface area contributed by atoms with Gasteiger partial charge in [0.25, 0.3) is 5.56 Å². The van der Waals surface area contributed by atoms with E-state index in [1.54, 1.807) is 0 Å². The second-order valence-electron chi connectivity index (χ2n) is 7.69. The van der Waals surface area contributed by atoms with Gasteiger partial charge in [0.05, 0.1) is 21.4 Å². The molecule has 9 nitrogen and oxygen atoms in total. The first kappa shape index (κ1) is 22.9. The second-order valence-corrected chi connectivity index (χ2v) is 8.51. The van der Waals surface area contributed by atoms with E-state index >= 15 is 0 Å². The van der Waals surface area contributed by atoms with Crippen LogP contribution in [-0.2, 0) is 4.79 Å². The van der Waals surface area contributed by atoms with Crippen molar-refractivity contribution >= 4 is 34.8 Å². The molecule has 1 saturated carbocycles. The van der Waals surface area contributed by atoms with Crippen LogP contribution in [0.1, 0.15) is 32.1 Å². The van der Waals surface area contributed by atoms with Gasteiger partial charge in [-0.1, -0.05) is 42.5 Å². The maximum Gasteiger partial charge on any atom is 0.349 e. The van der Waals surface area contributed by atoms with Gasteiger partial charge < -0.3 is 15.2 Å². The third-order valence-electron chi connectivity index (χ3n) is 5.36. The van der Waals surface area contributed by atoms with Gasteiger partial charge in [0.15, 0.2) is 5.75 Å². The van der Waals surface area contributed by atoms with Gasteiger partial charge >= 0.3 is 5.69 Å². The van der Waals surface area contributed by atoms with Crippen LogP contribution < -0.4 is 21.3 Å². The number of anilines is 1. The Hall–Kier alpha value is -3.30. The fourth-order valence-electron chi connectivity index (χ4n) is 3.70. The number of nitrogens with zero attached hydrogens (tertiary/aromatic N) is 2. The summed E-state index contributed by atoms with van der Waals surface area (Å²) in [4.78, 5) is 37.9. The molecule has 1 aliphatic rings. The van der Waals surface area contributed by atoms with Crippen LogP contribution in [-0.4, -0.2) is 25.8 Å². The molecule has 33 heavy (non-hydrogen) atoms. The zero-order valence-electron chi connectivity index (χ0n) is 17.3. The van der Waals surface area contributed by atoms with Crippen LogP contribution in [0, 0.1) is 5.92 Å². The van der Waals surface area contributed by atoms with Crippen LogP contribution in [0.3, 0.4) is 0 Å². The fourth-order valence-corrected chi connectivity index (χ4v) is 4.25. The number of amides is 1. The molecular weight excluding hydrogens is 471 g/mol. The summed E-state index contributed by atoms with van der Waals surface area (Å²) in [7, 11) is 0. The van der Waals surface area contributed by atoms with Gasteiger partial charge in [-0.25, -0.2) is 4.79 Å². The molecule has 1 fully saturated rings. The summed E-state index contributed by atoms with van der Waals surface area (Å²) in [6.07, 6.45) is 5.77. The standard InChI is InChI=1S/C22H20Cl2N4O5/c23-15-8-13(28-22(32)27-19(30)11-25-28)9-16(24)20(15)33-14-6-7-18(29)17(10-14)26-21(31)12-4-2-1-3-5-12/h6-12,29H,1-5H2,(H,26,31)(H,27,30,32). The predicted octanol–water partition coefficient (Wildman–Crippen LogP) is 4.24. The number of hydrogen-bond donors (Lipinski definition) is 3. The number of phenols is 1. The van der Waals surface area contributed by atoms with E-state index in [2.05, 4.69) is 15.4 Å². The first-order valence-corrected chi connectivity index (χ1v) is 11.1. The molecule has 0 bridgehead atoms. The average molecular weight is 491 g/mol. The SMILES string of the molecule is O=C(Nc1cc(Oc2c(Cl)cc(-n3ncc(=O)[nH]c3=O)cc2Cl)ccc1O)C1CCCCC1. The number of carbonyl (C=O) groups excluding carboxylic acids is 1. The van der Waals surface area contributed by atoms with E-state index in [1.807, 2.05) is 0 Å². The largest absolute Gasteiger partial charge is 0.506 e. The highest BCUT2D eigenvalue weighted by Gasteiger charge is 2.22. The van der Waals surface area contributed by atoms with Crippen molar-refractivity contribution in [3.63, 3.8) is 0 Å². The summed E-state index contributed by atoms with van der Waals surface area (Å²) >= 11 is 12.7. The van der Waals surface area contributed by atoms with Crippen molar-refractivity contribution in [2.75, 3.05) is 5.32 Å². The van der Waals surface area contributed by atoms with E-state index in [1.165, 1.54) is 30.3 Å². The number of H-pyrrole nitrogens is 1. The Morgan fingerprint density at radius 1 is 1.12 bits per heavy atom. The summed E-state index contributed by atoms with van der Waals surface area (Å²) in [6.45, 7) is 0. The molecule has 1 aliphatic carbocycles. The van der Waals surface area contributed by atoms with Crippen molar-refractivity contribution in [3.8, 4) is 22.9 Å². The highest BCUT2D eigenvalue weighted by atomic mass is 35.5.